The molecule has 0 radical (unpaired) electrons. The first-order chi connectivity index (χ1) is 7.13. The largest absolute Gasteiger partial charge is 0.316 e. The van der Waals surface area contributed by atoms with Crippen molar-refractivity contribution in [1.29, 1.82) is 0 Å². The standard InChI is InChI=1S/C13H28N2/c1-5-7-12(3)15(4)11-13(6-2)8-9-14-10-13/h12,14H,5-11H2,1-4H3. The van der Waals surface area contributed by atoms with Gasteiger partial charge in [0.1, 0.15) is 0 Å². The average Bonchev–Trinajstić information content (AvgIpc) is 2.67. The maximum atomic E-state index is 3.51. The van der Waals surface area contributed by atoms with E-state index in [1.54, 1.807) is 0 Å². The van der Waals surface area contributed by atoms with Crippen LogP contribution in [0.3, 0.4) is 0 Å². The summed E-state index contributed by atoms with van der Waals surface area (Å²) in [6.45, 7) is 10.7. The van der Waals surface area contributed by atoms with Crippen LogP contribution >= 0.6 is 0 Å². The molecule has 1 aliphatic heterocycles. The first-order valence-electron chi connectivity index (χ1n) is 6.54. The molecular formula is C13H28N2. The van der Waals surface area contributed by atoms with Gasteiger partial charge >= 0.3 is 0 Å². The summed E-state index contributed by atoms with van der Waals surface area (Å²) in [7, 11) is 2.29. The normalized spacial score (nSPS) is 28.6. The molecule has 0 amide bonds. The van der Waals surface area contributed by atoms with Crippen LogP contribution in [0.5, 0.6) is 0 Å². The molecule has 1 saturated heterocycles. The van der Waals surface area contributed by atoms with Crippen LogP contribution < -0.4 is 5.32 Å². The predicted octanol–water partition coefficient (Wildman–Crippen LogP) is 2.50. The quantitative estimate of drug-likeness (QED) is 0.728. The third-order valence-electron chi connectivity index (χ3n) is 4.13. The second-order valence-electron chi connectivity index (χ2n) is 5.33. The van der Waals surface area contributed by atoms with Gasteiger partial charge in [0.2, 0.25) is 0 Å². The summed E-state index contributed by atoms with van der Waals surface area (Å²) in [5.41, 5.74) is 0.552. The molecular weight excluding hydrogens is 184 g/mol. The van der Waals surface area contributed by atoms with Gasteiger partial charge in [-0.2, -0.15) is 0 Å². The Morgan fingerprint density at radius 1 is 1.40 bits per heavy atom. The lowest BCUT2D eigenvalue weighted by Gasteiger charge is -2.35. The zero-order chi connectivity index (χ0) is 11.3. The molecule has 0 saturated carbocycles. The fraction of sp³-hybridized carbons (Fsp3) is 1.00. The van der Waals surface area contributed by atoms with E-state index in [1.807, 2.05) is 0 Å². The summed E-state index contributed by atoms with van der Waals surface area (Å²) < 4.78 is 0. The Morgan fingerprint density at radius 2 is 2.13 bits per heavy atom. The van der Waals surface area contributed by atoms with Crippen LogP contribution in [0.4, 0.5) is 0 Å². The van der Waals surface area contributed by atoms with Crippen molar-refractivity contribution in [3.63, 3.8) is 0 Å². The average molecular weight is 212 g/mol. The van der Waals surface area contributed by atoms with Gasteiger partial charge in [0, 0.05) is 19.1 Å². The SMILES string of the molecule is CCCC(C)N(C)CC1(CC)CCNC1. The van der Waals surface area contributed by atoms with E-state index in [0.717, 1.165) is 6.04 Å². The zero-order valence-corrected chi connectivity index (χ0v) is 11.0. The molecule has 0 aromatic carbocycles. The van der Waals surface area contributed by atoms with Crippen molar-refractivity contribution in [2.24, 2.45) is 5.41 Å². The lowest BCUT2D eigenvalue weighted by Crippen LogP contribution is -2.41. The first kappa shape index (κ1) is 13.0. The van der Waals surface area contributed by atoms with E-state index in [-0.39, 0.29) is 0 Å². The lowest BCUT2D eigenvalue weighted by molar-refractivity contribution is 0.145. The van der Waals surface area contributed by atoms with Gasteiger partial charge in [-0.05, 0) is 45.2 Å². The van der Waals surface area contributed by atoms with Crippen molar-refractivity contribution in [1.82, 2.24) is 10.2 Å². The molecule has 0 aromatic rings. The molecule has 0 bridgehead atoms. The Morgan fingerprint density at radius 3 is 2.60 bits per heavy atom. The van der Waals surface area contributed by atoms with Gasteiger partial charge in [0.05, 0.1) is 0 Å². The molecule has 90 valence electrons. The highest BCUT2D eigenvalue weighted by atomic mass is 15.1. The number of nitrogens with zero attached hydrogens (tertiary/aromatic N) is 1. The molecule has 1 fully saturated rings. The second-order valence-corrected chi connectivity index (χ2v) is 5.33. The molecule has 1 heterocycles. The maximum absolute atomic E-state index is 3.51. The summed E-state index contributed by atoms with van der Waals surface area (Å²) in [4.78, 5) is 2.56. The number of nitrogens with one attached hydrogen (secondary N) is 1. The van der Waals surface area contributed by atoms with Gasteiger partial charge in [-0.15, -0.1) is 0 Å². The highest BCUT2D eigenvalue weighted by molar-refractivity contribution is 4.89. The van der Waals surface area contributed by atoms with Crippen molar-refractivity contribution in [3.8, 4) is 0 Å². The molecule has 2 heteroatoms. The highest BCUT2D eigenvalue weighted by Gasteiger charge is 2.33. The van der Waals surface area contributed by atoms with Crippen LogP contribution in [-0.4, -0.2) is 37.6 Å². The molecule has 1 N–H and O–H groups in total. The molecule has 1 aliphatic rings. The van der Waals surface area contributed by atoms with Crippen molar-refractivity contribution in [3.05, 3.63) is 0 Å². The molecule has 0 aliphatic carbocycles. The molecule has 0 aromatic heterocycles. The minimum absolute atomic E-state index is 0.552. The van der Waals surface area contributed by atoms with Gasteiger partial charge in [-0.3, -0.25) is 0 Å². The van der Waals surface area contributed by atoms with E-state index in [2.05, 4.69) is 38.0 Å². The Balaban J connectivity index is 2.43. The Hall–Kier alpha value is -0.0800. The van der Waals surface area contributed by atoms with Crippen LogP contribution in [-0.2, 0) is 0 Å². The third kappa shape index (κ3) is 3.46. The van der Waals surface area contributed by atoms with Gasteiger partial charge in [0.15, 0.2) is 0 Å². The topological polar surface area (TPSA) is 15.3 Å². The highest BCUT2D eigenvalue weighted by Crippen LogP contribution is 2.30. The van der Waals surface area contributed by atoms with Crippen molar-refractivity contribution >= 4 is 0 Å². The smallest absolute Gasteiger partial charge is 0.00640 e. The van der Waals surface area contributed by atoms with E-state index >= 15 is 0 Å². The number of rotatable bonds is 6. The molecule has 15 heavy (non-hydrogen) atoms. The van der Waals surface area contributed by atoms with Gasteiger partial charge in [0.25, 0.3) is 0 Å². The van der Waals surface area contributed by atoms with Gasteiger partial charge < -0.3 is 10.2 Å². The summed E-state index contributed by atoms with van der Waals surface area (Å²) >= 11 is 0. The number of hydrogen-bond donors (Lipinski definition) is 1. The van der Waals surface area contributed by atoms with E-state index < -0.39 is 0 Å². The van der Waals surface area contributed by atoms with Crippen LogP contribution in [0.1, 0.15) is 46.5 Å². The molecule has 1 rings (SSSR count). The van der Waals surface area contributed by atoms with Gasteiger partial charge in [-0.1, -0.05) is 20.3 Å². The Bertz CT molecular complexity index is 173. The van der Waals surface area contributed by atoms with Crippen LogP contribution in [0.2, 0.25) is 0 Å². The van der Waals surface area contributed by atoms with E-state index in [0.29, 0.717) is 5.41 Å². The fourth-order valence-electron chi connectivity index (χ4n) is 2.67. The summed E-state index contributed by atoms with van der Waals surface area (Å²) in [5, 5.41) is 3.51. The van der Waals surface area contributed by atoms with Crippen LogP contribution in [0.15, 0.2) is 0 Å². The van der Waals surface area contributed by atoms with Crippen LogP contribution in [0, 0.1) is 5.41 Å². The summed E-state index contributed by atoms with van der Waals surface area (Å²) in [5.74, 6) is 0. The van der Waals surface area contributed by atoms with E-state index in [4.69, 9.17) is 0 Å². The molecule has 0 spiro atoms. The zero-order valence-electron chi connectivity index (χ0n) is 11.0. The maximum Gasteiger partial charge on any atom is 0.00640 e. The van der Waals surface area contributed by atoms with Crippen LogP contribution in [0.25, 0.3) is 0 Å². The lowest BCUT2D eigenvalue weighted by atomic mass is 9.83. The monoisotopic (exact) mass is 212 g/mol. The number of hydrogen-bond acceptors (Lipinski definition) is 2. The van der Waals surface area contributed by atoms with Crippen molar-refractivity contribution in [2.45, 2.75) is 52.5 Å². The third-order valence-corrected chi connectivity index (χ3v) is 4.13. The minimum Gasteiger partial charge on any atom is -0.316 e. The second kappa shape index (κ2) is 5.86. The van der Waals surface area contributed by atoms with Gasteiger partial charge in [-0.25, -0.2) is 0 Å². The molecule has 2 atom stereocenters. The summed E-state index contributed by atoms with van der Waals surface area (Å²) in [6, 6.07) is 0.735. The summed E-state index contributed by atoms with van der Waals surface area (Å²) in [6.07, 6.45) is 5.28. The van der Waals surface area contributed by atoms with Crippen molar-refractivity contribution < 1.29 is 0 Å². The van der Waals surface area contributed by atoms with E-state index in [9.17, 15) is 0 Å². The predicted molar refractivity (Wildman–Crippen MR) is 67.2 cm³/mol. The first-order valence-corrected chi connectivity index (χ1v) is 6.54. The minimum atomic E-state index is 0.552. The fourth-order valence-corrected chi connectivity index (χ4v) is 2.67. The molecule has 2 nitrogen and oxygen atoms in total. The Kier molecular flexibility index (Phi) is 5.07. The molecule has 2 unspecified atom stereocenters. The van der Waals surface area contributed by atoms with Crippen molar-refractivity contribution in [2.75, 3.05) is 26.7 Å². The Labute approximate surface area is 95.4 Å². The van der Waals surface area contributed by atoms with E-state index in [1.165, 1.54) is 45.3 Å².